The number of aliphatic hydroxyl groups is 2. The van der Waals surface area contributed by atoms with Crippen LogP contribution in [-0.2, 0) is 18.8 Å². The molecule has 0 amide bonds. The second kappa shape index (κ2) is 44.3. The van der Waals surface area contributed by atoms with Gasteiger partial charge in [0, 0.05) is 13.1 Å². The average Bonchev–Trinajstić information content (AvgIpc) is 3.08. The number of hydrogen-bond acceptors (Lipinski definition) is 7. The van der Waals surface area contributed by atoms with Gasteiger partial charge in [-0.25, -0.2) is 8.37 Å². The summed E-state index contributed by atoms with van der Waals surface area (Å²) in [6.45, 7) is 6.42. The molecule has 0 aromatic heterocycles. The Balaban J connectivity index is 0. The lowest BCUT2D eigenvalue weighted by Crippen LogP contribution is -2.21. The number of allylic oxidation sites excluding steroid dienone is 4. The van der Waals surface area contributed by atoms with Gasteiger partial charge in [-0.15, -0.1) is 0 Å². The fourth-order valence-electron chi connectivity index (χ4n) is 5.34. The molecule has 0 heterocycles. The maximum atomic E-state index is 11.9. The van der Waals surface area contributed by atoms with E-state index >= 15 is 0 Å². The van der Waals surface area contributed by atoms with E-state index in [0.717, 1.165) is 38.5 Å². The molecule has 0 radical (unpaired) electrons. The minimum Gasteiger partial charge on any atom is -0.395 e. The molecule has 0 aromatic carbocycles. The van der Waals surface area contributed by atoms with Gasteiger partial charge in [0.2, 0.25) is 0 Å². The summed E-state index contributed by atoms with van der Waals surface area (Å²) < 4.78 is 33.8. The SMILES string of the molecule is CCCCCCCC/C=C\CCCCCCCCOS(=O)(=O)OCCCCCCCC/C=C\CCCCCCCC.OCCNCCO. The number of hydrogen-bond donors (Lipinski definition) is 3. The van der Waals surface area contributed by atoms with Crippen molar-refractivity contribution >= 4 is 10.4 Å². The summed E-state index contributed by atoms with van der Waals surface area (Å²) in [5, 5.41) is 19.1. The standard InChI is InChI=1S/C36H70O4S.C4H11NO2/c1-3-5-7-9-11-13-15-17-19-21-23-25-27-29-31-33-35-39-41(37,38)40-36-34-32-30-28-26-24-22-20-18-16-14-12-10-8-6-4-2;6-3-1-5-2-4-7/h17-20H,3-16,21-36H2,1-2H3;5-7H,1-4H2/b19-17-,20-18-;. The van der Waals surface area contributed by atoms with Gasteiger partial charge in [-0.1, -0.05) is 154 Å². The minimum atomic E-state index is -3.84. The van der Waals surface area contributed by atoms with Crippen LogP contribution in [0.2, 0.25) is 0 Å². The van der Waals surface area contributed by atoms with E-state index in [9.17, 15) is 8.42 Å². The van der Waals surface area contributed by atoms with E-state index in [0.29, 0.717) is 13.1 Å². The minimum absolute atomic E-state index is 0.139. The highest BCUT2D eigenvalue weighted by atomic mass is 32.3. The number of aliphatic hydroxyl groups excluding tert-OH is 2. The van der Waals surface area contributed by atoms with Crippen molar-refractivity contribution in [3.8, 4) is 0 Å². The molecule has 7 nitrogen and oxygen atoms in total. The summed E-state index contributed by atoms with van der Waals surface area (Å²) >= 11 is 0. The van der Waals surface area contributed by atoms with Gasteiger partial charge in [-0.3, -0.25) is 0 Å². The summed E-state index contributed by atoms with van der Waals surface area (Å²) in [5.74, 6) is 0. The van der Waals surface area contributed by atoms with Gasteiger partial charge < -0.3 is 15.5 Å². The third-order valence-electron chi connectivity index (χ3n) is 8.34. The first kappa shape index (κ1) is 49.3. The summed E-state index contributed by atoms with van der Waals surface area (Å²) in [6, 6.07) is 0. The van der Waals surface area contributed by atoms with Crippen LogP contribution in [0.4, 0.5) is 0 Å². The Hall–Kier alpha value is -0.770. The summed E-state index contributed by atoms with van der Waals surface area (Å²) in [4.78, 5) is 0. The first-order chi connectivity index (χ1) is 23.5. The van der Waals surface area contributed by atoms with Gasteiger partial charge in [-0.05, 0) is 64.2 Å². The normalized spacial score (nSPS) is 11.9. The molecule has 0 aromatic rings. The van der Waals surface area contributed by atoms with Gasteiger partial charge in [0.1, 0.15) is 0 Å². The van der Waals surface area contributed by atoms with Gasteiger partial charge in [0.15, 0.2) is 0 Å². The van der Waals surface area contributed by atoms with Crippen molar-refractivity contribution < 1.29 is 27.0 Å². The third kappa shape index (κ3) is 47.3. The molecule has 0 spiro atoms. The summed E-state index contributed by atoms with van der Waals surface area (Å²) in [7, 11) is -3.84. The second-order valence-electron chi connectivity index (χ2n) is 13.1. The molecule has 8 heteroatoms. The Morgan fingerprint density at radius 2 is 0.708 bits per heavy atom. The van der Waals surface area contributed by atoms with E-state index in [1.54, 1.807) is 0 Å². The fraction of sp³-hybridized carbons (Fsp3) is 0.900. The summed E-state index contributed by atoms with van der Waals surface area (Å²) in [5.41, 5.74) is 0. The molecule has 0 saturated heterocycles. The number of nitrogens with one attached hydrogen (secondary N) is 1. The van der Waals surface area contributed by atoms with E-state index in [2.05, 4.69) is 43.5 Å². The highest BCUT2D eigenvalue weighted by Crippen LogP contribution is 2.12. The van der Waals surface area contributed by atoms with Crippen molar-refractivity contribution in [2.45, 2.75) is 194 Å². The van der Waals surface area contributed by atoms with Crippen molar-refractivity contribution in [3.63, 3.8) is 0 Å². The maximum absolute atomic E-state index is 11.9. The molecule has 288 valence electrons. The lowest BCUT2D eigenvalue weighted by Gasteiger charge is -2.06. The lowest BCUT2D eigenvalue weighted by molar-refractivity contribution is 0.208. The number of rotatable bonds is 38. The predicted octanol–water partition coefficient (Wildman–Crippen LogP) is 10.9. The zero-order valence-electron chi connectivity index (χ0n) is 31.8. The average molecular weight is 704 g/mol. The van der Waals surface area contributed by atoms with Gasteiger partial charge in [0.25, 0.3) is 0 Å². The summed E-state index contributed by atoms with van der Waals surface area (Å²) in [6.07, 6.45) is 43.9. The Labute approximate surface area is 299 Å². The van der Waals surface area contributed by atoms with Crippen LogP contribution in [-0.4, -0.2) is 58.1 Å². The molecule has 0 aliphatic heterocycles. The van der Waals surface area contributed by atoms with E-state index in [-0.39, 0.29) is 26.4 Å². The van der Waals surface area contributed by atoms with Crippen molar-refractivity contribution in [1.82, 2.24) is 5.32 Å². The molecule has 0 saturated carbocycles. The molecular formula is C40H81NO6S. The molecular weight excluding hydrogens is 623 g/mol. The van der Waals surface area contributed by atoms with Crippen LogP contribution in [0.1, 0.15) is 194 Å². The second-order valence-corrected chi connectivity index (χ2v) is 14.4. The van der Waals surface area contributed by atoms with Crippen LogP contribution in [0, 0.1) is 0 Å². The molecule has 0 atom stereocenters. The quantitative estimate of drug-likeness (QED) is 0.0434. The van der Waals surface area contributed by atoms with Crippen molar-refractivity contribution in [3.05, 3.63) is 24.3 Å². The van der Waals surface area contributed by atoms with Crippen LogP contribution in [0.5, 0.6) is 0 Å². The van der Waals surface area contributed by atoms with Gasteiger partial charge >= 0.3 is 10.4 Å². The molecule has 0 fully saturated rings. The van der Waals surface area contributed by atoms with Crippen LogP contribution in [0.15, 0.2) is 24.3 Å². The Kier molecular flexibility index (Phi) is 45.5. The van der Waals surface area contributed by atoms with Gasteiger partial charge in [0.05, 0.1) is 26.4 Å². The van der Waals surface area contributed by atoms with Crippen LogP contribution in [0.3, 0.4) is 0 Å². The molecule has 48 heavy (non-hydrogen) atoms. The van der Waals surface area contributed by atoms with E-state index in [4.69, 9.17) is 18.6 Å². The lowest BCUT2D eigenvalue weighted by atomic mass is 10.1. The molecule has 3 N–H and O–H groups in total. The highest BCUT2D eigenvalue weighted by molar-refractivity contribution is 7.81. The zero-order chi connectivity index (χ0) is 35.5. The van der Waals surface area contributed by atoms with Crippen molar-refractivity contribution in [2.24, 2.45) is 0 Å². The van der Waals surface area contributed by atoms with Crippen molar-refractivity contribution in [2.75, 3.05) is 39.5 Å². The largest absolute Gasteiger partial charge is 0.399 e. The van der Waals surface area contributed by atoms with E-state index in [1.807, 2.05) is 0 Å². The molecule has 0 aliphatic carbocycles. The van der Waals surface area contributed by atoms with E-state index in [1.165, 1.54) is 141 Å². The highest BCUT2D eigenvalue weighted by Gasteiger charge is 2.11. The third-order valence-corrected chi connectivity index (χ3v) is 9.26. The predicted molar refractivity (Wildman–Crippen MR) is 207 cm³/mol. The molecule has 0 rings (SSSR count). The Morgan fingerprint density at radius 3 is 1.00 bits per heavy atom. The topological polar surface area (TPSA) is 105 Å². The zero-order valence-corrected chi connectivity index (χ0v) is 32.6. The Morgan fingerprint density at radius 1 is 0.438 bits per heavy atom. The first-order valence-corrected chi connectivity index (χ1v) is 21.6. The smallest absolute Gasteiger partial charge is 0.395 e. The molecule has 0 bridgehead atoms. The van der Waals surface area contributed by atoms with Crippen LogP contribution >= 0.6 is 0 Å². The maximum Gasteiger partial charge on any atom is 0.399 e. The van der Waals surface area contributed by atoms with Crippen molar-refractivity contribution in [1.29, 1.82) is 0 Å². The first-order valence-electron chi connectivity index (χ1n) is 20.3. The fourth-order valence-corrected chi connectivity index (χ4v) is 6.05. The number of unbranched alkanes of at least 4 members (excludes halogenated alkanes) is 24. The molecule has 0 aliphatic rings. The Bertz CT molecular complexity index is 690. The monoisotopic (exact) mass is 704 g/mol. The van der Waals surface area contributed by atoms with Crippen LogP contribution in [0.25, 0.3) is 0 Å². The van der Waals surface area contributed by atoms with Gasteiger partial charge in [-0.2, -0.15) is 8.42 Å². The van der Waals surface area contributed by atoms with E-state index < -0.39 is 10.4 Å². The van der Waals surface area contributed by atoms with Crippen LogP contribution < -0.4 is 5.32 Å². The molecule has 0 unspecified atom stereocenters.